The second-order valence-electron chi connectivity index (χ2n) is 5.86. The average Bonchev–Trinajstić information content (AvgIpc) is 3.16. The number of benzene rings is 1. The Morgan fingerprint density at radius 2 is 1.85 bits per heavy atom. The van der Waals surface area contributed by atoms with E-state index in [-0.39, 0.29) is 17.6 Å². The van der Waals surface area contributed by atoms with Crippen LogP contribution in [0, 0.1) is 0 Å². The van der Waals surface area contributed by atoms with E-state index in [9.17, 15) is 9.59 Å². The van der Waals surface area contributed by atoms with Crippen LogP contribution in [-0.4, -0.2) is 36.1 Å². The molecule has 0 aliphatic carbocycles. The number of ether oxygens (including phenoxy) is 1. The largest absolute Gasteiger partial charge is 0.376 e. The molecule has 2 N–H and O–H groups in total. The predicted octanol–water partition coefficient (Wildman–Crippen LogP) is 3.55. The van der Waals surface area contributed by atoms with Gasteiger partial charge in [-0.15, -0.1) is 0 Å². The zero-order valence-electron chi connectivity index (χ0n) is 13.8. The molecule has 1 aliphatic rings. The average molecular weight is 394 g/mol. The minimum absolute atomic E-state index is 0.0424. The summed E-state index contributed by atoms with van der Waals surface area (Å²) < 4.78 is 5.47. The maximum atomic E-state index is 12.4. The fourth-order valence-electron chi connectivity index (χ4n) is 2.61. The maximum absolute atomic E-state index is 12.4. The molecule has 26 heavy (non-hydrogen) atoms. The molecule has 1 aromatic carbocycles. The van der Waals surface area contributed by atoms with Gasteiger partial charge in [0, 0.05) is 25.5 Å². The van der Waals surface area contributed by atoms with Gasteiger partial charge in [-0.3, -0.25) is 14.6 Å². The van der Waals surface area contributed by atoms with E-state index in [1.54, 1.807) is 18.2 Å². The van der Waals surface area contributed by atoms with Crippen molar-refractivity contribution in [2.45, 2.75) is 18.9 Å². The van der Waals surface area contributed by atoms with Gasteiger partial charge < -0.3 is 15.4 Å². The first-order chi connectivity index (χ1) is 12.5. The van der Waals surface area contributed by atoms with Crippen molar-refractivity contribution in [3.05, 3.63) is 57.8 Å². The smallest absolute Gasteiger partial charge is 0.257 e. The zero-order valence-corrected chi connectivity index (χ0v) is 15.3. The highest BCUT2D eigenvalue weighted by Crippen LogP contribution is 2.30. The van der Waals surface area contributed by atoms with Crippen molar-refractivity contribution in [1.82, 2.24) is 10.3 Å². The molecular formula is C18H17Cl2N3O3. The number of carbonyl (C=O) groups excluding carboxylic acids is 2. The zero-order chi connectivity index (χ0) is 18.5. The van der Waals surface area contributed by atoms with Crippen LogP contribution in [0.15, 0.2) is 36.7 Å². The molecule has 1 aromatic heterocycles. The van der Waals surface area contributed by atoms with Gasteiger partial charge in [0.15, 0.2) is 0 Å². The highest BCUT2D eigenvalue weighted by Gasteiger charge is 2.18. The van der Waals surface area contributed by atoms with Crippen LogP contribution in [0.1, 0.15) is 33.6 Å². The molecule has 1 fully saturated rings. The highest BCUT2D eigenvalue weighted by molar-refractivity contribution is 6.40. The number of hydrogen-bond acceptors (Lipinski definition) is 4. The summed E-state index contributed by atoms with van der Waals surface area (Å²) in [6, 6.07) is 6.39. The number of hydrogen-bond donors (Lipinski definition) is 2. The quantitative estimate of drug-likeness (QED) is 0.813. The summed E-state index contributed by atoms with van der Waals surface area (Å²) in [7, 11) is 0. The molecule has 1 atom stereocenters. The Labute approximate surface area is 160 Å². The van der Waals surface area contributed by atoms with Crippen LogP contribution in [0.4, 0.5) is 5.69 Å². The van der Waals surface area contributed by atoms with E-state index in [0.717, 1.165) is 19.4 Å². The first-order valence-corrected chi connectivity index (χ1v) is 8.90. The molecule has 1 aliphatic heterocycles. The fraction of sp³-hybridized carbons (Fsp3) is 0.278. The van der Waals surface area contributed by atoms with E-state index in [2.05, 4.69) is 15.6 Å². The van der Waals surface area contributed by atoms with Crippen molar-refractivity contribution in [1.29, 1.82) is 0 Å². The van der Waals surface area contributed by atoms with Gasteiger partial charge in [0.05, 0.1) is 33.0 Å². The van der Waals surface area contributed by atoms with Gasteiger partial charge in [0.2, 0.25) is 0 Å². The summed E-state index contributed by atoms with van der Waals surface area (Å²) in [4.78, 5) is 28.7. The van der Waals surface area contributed by atoms with Crippen molar-refractivity contribution in [3.63, 3.8) is 0 Å². The number of halogens is 2. The number of para-hydroxylation sites is 1. The number of anilines is 1. The number of nitrogens with one attached hydrogen (secondary N) is 2. The summed E-state index contributed by atoms with van der Waals surface area (Å²) in [6.07, 6.45) is 4.75. The Bertz CT molecular complexity index is 803. The first kappa shape index (κ1) is 18.6. The van der Waals surface area contributed by atoms with Crippen LogP contribution in [-0.2, 0) is 4.74 Å². The summed E-state index contributed by atoms with van der Waals surface area (Å²) in [5, 5.41) is 6.09. The fourth-order valence-corrected chi connectivity index (χ4v) is 3.10. The van der Waals surface area contributed by atoms with Crippen LogP contribution < -0.4 is 10.6 Å². The molecule has 2 aromatic rings. The van der Waals surface area contributed by atoms with Crippen molar-refractivity contribution >= 4 is 40.7 Å². The highest BCUT2D eigenvalue weighted by atomic mass is 35.5. The molecule has 8 heteroatoms. The maximum Gasteiger partial charge on any atom is 0.257 e. The molecule has 1 saturated heterocycles. The third-order valence-corrected chi connectivity index (χ3v) is 4.61. The predicted molar refractivity (Wildman–Crippen MR) is 100.0 cm³/mol. The molecule has 0 radical (unpaired) electrons. The van der Waals surface area contributed by atoms with Gasteiger partial charge in [-0.1, -0.05) is 29.3 Å². The Kier molecular flexibility index (Phi) is 6.08. The minimum atomic E-state index is -0.457. The van der Waals surface area contributed by atoms with E-state index in [0.29, 0.717) is 27.8 Å². The lowest BCUT2D eigenvalue weighted by molar-refractivity contribution is 0.0857. The number of rotatable bonds is 5. The molecule has 0 bridgehead atoms. The van der Waals surface area contributed by atoms with Gasteiger partial charge in [-0.05, 0) is 31.0 Å². The molecule has 0 spiro atoms. The van der Waals surface area contributed by atoms with Crippen LogP contribution in [0.5, 0.6) is 0 Å². The number of aromatic nitrogens is 1. The molecule has 2 amide bonds. The van der Waals surface area contributed by atoms with Gasteiger partial charge in [-0.25, -0.2) is 0 Å². The SMILES string of the molecule is O=C(NCC1CCCO1)c1cncc(C(=O)Nc2c(Cl)cccc2Cl)c1. The molecule has 136 valence electrons. The summed E-state index contributed by atoms with van der Waals surface area (Å²) in [6.45, 7) is 1.16. The summed E-state index contributed by atoms with van der Waals surface area (Å²) in [5.74, 6) is -0.764. The van der Waals surface area contributed by atoms with Crippen LogP contribution >= 0.6 is 23.2 Å². The molecule has 3 rings (SSSR count). The summed E-state index contributed by atoms with van der Waals surface area (Å²) >= 11 is 12.1. The van der Waals surface area contributed by atoms with E-state index in [1.807, 2.05) is 0 Å². The Morgan fingerprint density at radius 3 is 2.50 bits per heavy atom. The number of carbonyl (C=O) groups is 2. The van der Waals surface area contributed by atoms with Gasteiger partial charge in [-0.2, -0.15) is 0 Å². The minimum Gasteiger partial charge on any atom is -0.376 e. The lowest BCUT2D eigenvalue weighted by Crippen LogP contribution is -2.32. The third kappa shape index (κ3) is 4.52. The van der Waals surface area contributed by atoms with Crippen molar-refractivity contribution in [2.24, 2.45) is 0 Å². The summed E-state index contributed by atoms with van der Waals surface area (Å²) in [5.41, 5.74) is 0.834. The number of nitrogens with zero attached hydrogens (tertiary/aromatic N) is 1. The van der Waals surface area contributed by atoms with Gasteiger partial charge in [0.1, 0.15) is 0 Å². The Hall–Kier alpha value is -2.15. The van der Waals surface area contributed by atoms with Crippen LogP contribution in [0.25, 0.3) is 0 Å². The molecule has 0 saturated carbocycles. The molecule has 6 nitrogen and oxygen atoms in total. The Balaban J connectivity index is 1.68. The lowest BCUT2D eigenvalue weighted by atomic mass is 10.1. The van der Waals surface area contributed by atoms with Gasteiger partial charge in [0.25, 0.3) is 11.8 Å². The molecule has 2 heterocycles. The van der Waals surface area contributed by atoms with Gasteiger partial charge >= 0.3 is 0 Å². The number of pyridine rings is 1. The third-order valence-electron chi connectivity index (χ3n) is 3.98. The standard InChI is InChI=1S/C18H17Cl2N3O3/c19-14-4-1-5-15(20)16(14)23-18(25)12-7-11(8-21-9-12)17(24)22-10-13-3-2-6-26-13/h1,4-5,7-9,13H,2-3,6,10H2,(H,22,24)(H,23,25). The van der Waals surface area contributed by atoms with Crippen LogP contribution in [0.3, 0.4) is 0 Å². The van der Waals surface area contributed by atoms with Crippen molar-refractivity contribution < 1.29 is 14.3 Å². The van der Waals surface area contributed by atoms with Crippen molar-refractivity contribution in [3.8, 4) is 0 Å². The van der Waals surface area contributed by atoms with Crippen LogP contribution in [0.2, 0.25) is 10.0 Å². The van der Waals surface area contributed by atoms with Crippen molar-refractivity contribution in [2.75, 3.05) is 18.5 Å². The van der Waals surface area contributed by atoms with E-state index in [4.69, 9.17) is 27.9 Å². The Morgan fingerprint density at radius 1 is 1.15 bits per heavy atom. The normalized spacial score (nSPS) is 16.3. The van der Waals surface area contributed by atoms with E-state index >= 15 is 0 Å². The lowest BCUT2D eigenvalue weighted by Gasteiger charge is -2.12. The first-order valence-electron chi connectivity index (χ1n) is 8.15. The second kappa shape index (κ2) is 8.49. The molecular weight excluding hydrogens is 377 g/mol. The number of amides is 2. The van der Waals surface area contributed by atoms with E-state index in [1.165, 1.54) is 18.5 Å². The second-order valence-corrected chi connectivity index (χ2v) is 6.67. The monoisotopic (exact) mass is 393 g/mol. The molecule has 1 unspecified atom stereocenters. The van der Waals surface area contributed by atoms with E-state index < -0.39 is 5.91 Å². The topological polar surface area (TPSA) is 80.3 Å².